The molecule has 32 heavy (non-hydrogen) atoms. The fourth-order valence-electron chi connectivity index (χ4n) is 3.61. The van der Waals surface area contributed by atoms with E-state index >= 15 is 0 Å². The number of fused-ring (bicyclic) bond motifs is 1. The summed E-state index contributed by atoms with van der Waals surface area (Å²) in [6, 6.07) is 16.6. The van der Waals surface area contributed by atoms with E-state index in [1.807, 2.05) is 22.8 Å². The third-order valence-electron chi connectivity index (χ3n) is 5.09. The minimum atomic E-state index is -1.30. The second-order valence-corrected chi connectivity index (χ2v) is 7.50. The number of hydrogen-bond acceptors (Lipinski definition) is 4. The fraction of sp³-hybridized carbons (Fsp3) is 0.125. The molecule has 0 radical (unpaired) electrons. The zero-order valence-electron chi connectivity index (χ0n) is 17.3. The Morgan fingerprint density at radius 3 is 2.56 bits per heavy atom. The van der Waals surface area contributed by atoms with E-state index in [2.05, 4.69) is 0 Å². The van der Waals surface area contributed by atoms with Gasteiger partial charge in [0.05, 0.1) is 19.1 Å². The van der Waals surface area contributed by atoms with Gasteiger partial charge in [0.2, 0.25) is 0 Å². The summed E-state index contributed by atoms with van der Waals surface area (Å²) in [6.07, 6.45) is 1.72. The van der Waals surface area contributed by atoms with Crippen molar-refractivity contribution in [1.82, 2.24) is 4.57 Å². The normalized spacial score (nSPS) is 10.7. The summed E-state index contributed by atoms with van der Waals surface area (Å²) in [5.41, 5.74) is 2.38. The largest absolute Gasteiger partial charge is 1.00 e. The van der Waals surface area contributed by atoms with Crippen LogP contribution in [0.1, 0.15) is 27.0 Å². The van der Waals surface area contributed by atoms with E-state index in [1.54, 1.807) is 36.5 Å². The first kappa shape index (κ1) is 24.3. The van der Waals surface area contributed by atoms with Crippen LogP contribution in [0.25, 0.3) is 10.9 Å². The van der Waals surface area contributed by atoms with Crippen LogP contribution in [-0.2, 0) is 19.8 Å². The summed E-state index contributed by atoms with van der Waals surface area (Å²) >= 11 is 5.80. The second-order valence-electron chi connectivity index (χ2n) is 7.06. The van der Waals surface area contributed by atoms with Gasteiger partial charge in [-0.25, -0.2) is 4.39 Å². The second kappa shape index (κ2) is 10.5. The molecule has 0 saturated carbocycles. The molecule has 0 atom stereocenters. The van der Waals surface area contributed by atoms with E-state index in [0.717, 1.165) is 5.56 Å². The quantitative estimate of drug-likeness (QED) is 0.415. The van der Waals surface area contributed by atoms with Gasteiger partial charge in [-0.2, -0.15) is 0 Å². The summed E-state index contributed by atoms with van der Waals surface area (Å²) < 4.78 is 21.8. The van der Waals surface area contributed by atoms with Crippen molar-refractivity contribution in [3.8, 4) is 5.75 Å². The van der Waals surface area contributed by atoms with Crippen LogP contribution in [-0.4, -0.2) is 15.6 Å². The maximum absolute atomic E-state index is 14.1. The average Bonchev–Trinajstić information content (AvgIpc) is 3.11. The molecule has 1 aromatic heterocycles. The van der Waals surface area contributed by atoms with Crippen molar-refractivity contribution in [3.05, 3.63) is 100.0 Å². The standard InChI is InChI=1S/C24H19ClFNO4.Na/c25-18-9-8-16(20(26)10-18)14-31-22-7-2-1-4-15(22)11-27-12-17(13-28)23-19(24(29)30)5-3-6-21(23)27;/h1-10,12,28H,11,13-14H2,(H,29,30);/q;+1/p-1. The molecule has 0 aliphatic rings. The summed E-state index contributed by atoms with van der Waals surface area (Å²) in [5.74, 6) is -1.17. The number of benzene rings is 3. The molecule has 4 rings (SSSR count). The summed E-state index contributed by atoms with van der Waals surface area (Å²) in [6.45, 7) is 0.0945. The molecule has 8 heteroatoms. The number of aliphatic hydroxyl groups is 1. The molecule has 158 valence electrons. The van der Waals surface area contributed by atoms with Crippen LogP contribution in [0.5, 0.6) is 5.75 Å². The molecule has 0 amide bonds. The van der Waals surface area contributed by atoms with Crippen molar-refractivity contribution < 1.29 is 53.7 Å². The number of carboxylic acids is 1. The Balaban J connectivity index is 0.00000289. The molecule has 0 aliphatic carbocycles. The summed E-state index contributed by atoms with van der Waals surface area (Å²) in [4.78, 5) is 11.5. The molecule has 1 N–H and O–H groups in total. The number of para-hydroxylation sites is 1. The molecule has 0 aliphatic heterocycles. The first-order valence-corrected chi connectivity index (χ1v) is 9.93. The Kier molecular flexibility index (Phi) is 7.98. The molecule has 0 saturated heterocycles. The van der Waals surface area contributed by atoms with Gasteiger partial charge >= 0.3 is 29.6 Å². The zero-order chi connectivity index (χ0) is 22.0. The Morgan fingerprint density at radius 2 is 1.84 bits per heavy atom. The van der Waals surface area contributed by atoms with Crippen LogP contribution in [0.3, 0.4) is 0 Å². The predicted molar refractivity (Wildman–Crippen MR) is 113 cm³/mol. The number of nitrogens with zero attached hydrogens (tertiary/aromatic N) is 1. The van der Waals surface area contributed by atoms with Crippen LogP contribution in [0.4, 0.5) is 4.39 Å². The third-order valence-corrected chi connectivity index (χ3v) is 5.32. The van der Waals surface area contributed by atoms with Crippen molar-refractivity contribution in [1.29, 1.82) is 0 Å². The molecule has 0 unspecified atom stereocenters. The first-order valence-electron chi connectivity index (χ1n) is 9.55. The minimum Gasteiger partial charge on any atom is -0.545 e. The van der Waals surface area contributed by atoms with Crippen molar-refractivity contribution in [2.75, 3.05) is 0 Å². The van der Waals surface area contributed by atoms with E-state index in [9.17, 15) is 19.4 Å². The molecular formula is C24H18ClFNNaO4. The van der Waals surface area contributed by atoms with Gasteiger partial charge in [0, 0.05) is 44.4 Å². The van der Waals surface area contributed by atoms with Gasteiger partial charge < -0.3 is 24.3 Å². The molecule has 0 spiro atoms. The Bertz CT molecular complexity index is 1270. The van der Waals surface area contributed by atoms with Gasteiger partial charge in [0.1, 0.15) is 18.2 Å². The number of carbonyl (C=O) groups is 1. The molecular weight excluding hydrogens is 444 g/mol. The predicted octanol–water partition coefficient (Wildman–Crippen LogP) is 0.921. The monoisotopic (exact) mass is 461 g/mol. The molecule has 1 heterocycles. The first-order chi connectivity index (χ1) is 15.0. The number of hydrogen-bond donors (Lipinski definition) is 1. The van der Waals surface area contributed by atoms with E-state index < -0.39 is 11.8 Å². The number of halogens is 2. The van der Waals surface area contributed by atoms with Gasteiger partial charge in [0.15, 0.2) is 0 Å². The van der Waals surface area contributed by atoms with Crippen LogP contribution in [0, 0.1) is 5.82 Å². The zero-order valence-corrected chi connectivity index (χ0v) is 20.1. The Labute approximate surface area is 211 Å². The van der Waals surface area contributed by atoms with Crippen LogP contribution in [0.15, 0.2) is 66.9 Å². The summed E-state index contributed by atoms with van der Waals surface area (Å²) in [5, 5.41) is 22.0. The smallest absolute Gasteiger partial charge is 0.545 e. The van der Waals surface area contributed by atoms with Crippen LogP contribution in [0.2, 0.25) is 5.02 Å². The number of carboxylic acid groups (broad SMARTS) is 1. The van der Waals surface area contributed by atoms with Crippen molar-refractivity contribution >= 4 is 28.5 Å². The Hall–Kier alpha value is -2.35. The van der Waals surface area contributed by atoms with E-state index in [1.165, 1.54) is 12.1 Å². The minimum absolute atomic E-state index is 0. The maximum atomic E-state index is 14.1. The van der Waals surface area contributed by atoms with E-state index in [0.29, 0.717) is 39.3 Å². The van der Waals surface area contributed by atoms with Crippen molar-refractivity contribution in [2.45, 2.75) is 19.8 Å². The van der Waals surface area contributed by atoms with Crippen molar-refractivity contribution in [2.24, 2.45) is 0 Å². The molecule has 3 aromatic carbocycles. The van der Waals surface area contributed by atoms with Crippen molar-refractivity contribution in [3.63, 3.8) is 0 Å². The average molecular weight is 462 g/mol. The molecule has 0 bridgehead atoms. The number of aromatic carboxylic acids is 1. The number of carbonyl (C=O) groups excluding carboxylic acids is 1. The number of aliphatic hydroxyl groups excluding tert-OH is 1. The summed E-state index contributed by atoms with van der Waals surface area (Å²) in [7, 11) is 0. The van der Waals surface area contributed by atoms with Gasteiger partial charge in [-0.05, 0) is 24.3 Å². The van der Waals surface area contributed by atoms with E-state index in [-0.39, 0.29) is 48.3 Å². The van der Waals surface area contributed by atoms with E-state index in [4.69, 9.17) is 16.3 Å². The molecule has 5 nitrogen and oxygen atoms in total. The number of rotatable bonds is 7. The van der Waals surface area contributed by atoms with Crippen LogP contribution >= 0.6 is 11.6 Å². The SMILES string of the molecule is O=C([O-])c1cccc2c1c(CO)cn2Cc1ccccc1OCc1ccc(Cl)cc1F.[Na+]. The van der Waals surface area contributed by atoms with Gasteiger partial charge in [0.25, 0.3) is 0 Å². The van der Waals surface area contributed by atoms with Gasteiger partial charge in [-0.1, -0.05) is 48.0 Å². The Morgan fingerprint density at radius 1 is 1.06 bits per heavy atom. The molecule has 0 fully saturated rings. The maximum Gasteiger partial charge on any atom is 1.00 e. The topological polar surface area (TPSA) is 74.5 Å². The fourth-order valence-corrected chi connectivity index (χ4v) is 3.77. The van der Waals surface area contributed by atoms with Crippen LogP contribution < -0.4 is 39.4 Å². The third kappa shape index (κ3) is 5.00. The molecule has 4 aromatic rings. The van der Waals surface area contributed by atoms with Gasteiger partial charge in [-0.15, -0.1) is 0 Å². The van der Waals surface area contributed by atoms with Gasteiger partial charge in [-0.3, -0.25) is 0 Å². The number of ether oxygens (including phenoxy) is 1. The number of aromatic nitrogens is 1.